The van der Waals surface area contributed by atoms with Gasteiger partial charge in [0.05, 0.1) is 5.41 Å². The first kappa shape index (κ1) is 17.1. The third-order valence-corrected chi connectivity index (χ3v) is 5.71. The summed E-state index contributed by atoms with van der Waals surface area (Å²) in [6.07, 6.45) is 3.27. The molecule has 2 heterocycles. The first-order valence-electron chi connectivity index (χ1n) is 9.38. The van der Waals surface area contributed by atoms with Crippen LogP contribution in [0.5, 0.6) is 5.75 Å². The molecule has 1 aromatic heterocycles. The minimum atomic E-state index is -0.154. The average molecular weight is 355 g/mol. The van der Waals surface area contributed by atoms with Crippen LogP contribution in [0.4, 0.5) is 0 Å². The lowest BCUT2D eigenvalue weighted by atomic mass is 9.80. The molecule has 2 fully saturated rings. The third kappa shape index (κ3) is 2.97. The average Bonchev–Trinajstić information content (AvgIpc) is 3.33. The SMILES string of the molecule is CC(C)c1nc(C23CCCC2CN(C(=O)COc2ccccc2)C3)no1. The molecule has 6 nitrogen and oxygen atoms in total. The number of hydrogen-bond acceptors (Lipinski definition) is 5. The summed E-state index contributed by atoms with van der Waals surface area (Å²) in [7, 11) is 0. The van der Waals surface area contributed by atoms with Gasteiger partial charge in [-0.2, -0.15) is 4.98 Å². The van der Waals surface area contributed by atoms with Gasteiger partial charge in [0.1, 0.15) is 5.75 Å². The molecule has 26 heavy (non-hydrogen) atoms. The number of benzene rings is 1. The van der Waals surface area contributed by atoms with Gasteiger partial charge in [-0.05, 0) is 30.9 Å². The van der Waals surface area contributed by atoms with Gasteiger partial charge in [-0.15, -0.1) is 0 Å². The second kappa shape index (κ2) is 6.74. The van der Waals surface area contributed by atoms with Crippen LogP contribution < -0.4 is 4.74 Å². The second-order valence-corrected chi connectivity index (χ2v) is 7.73. The van der Waals surface area contributed by atoms with Gasteiger partial charge in [0.2, 0.25) is 5.89 Å². The number of fused-ring (bicyclic) bond motifs is 1. The Labute approximate surface area is 153 Å². The highest BCUT2D eigenvalue weighted by molar-refractivity contribution is 5.78. The molecule has 0 bridgehead atoms. The van der Waals surface area contributed by atoms with Gasteiger partial charge in [0.25, 0.3) is 5.91 Å². The Morgan fingerprint density at radius 3 is 2.92 bits per heavy atom. The van der Waals surface area contributed by atoms with E-state index >= 15 is 0 Å². The maximum absolute atomic E-state index is 12.7. The summed E-state index contributed by atoms with van der Waals surface area (Å²) in [6, 6.07) is 9.45. The lowest BCUT2D eigenvalue weighted by molar-refractivity contribution is -0.132. The lowest BCUT2D eigenvalue weighted by Gasteiger charge is -2.24. The van der Waals surface area contributed by atoms with Crippen LogP contribution in [0.3, 0.4) is 0 Å². The number of ether oxygens (including phenoxy) is 1. The largest absolute Gasteiger partial charge is 0.484 e. The zero-order valence-electron chi connectivity index (χ0n) is 15.4. The topological polar surface area (TPSA) is 68.5 Å². The molecule has 1 aliphatic heterocycles. The fourth-order valence-corrected chi connectivity index (χ4v) is 4.27. The molecule has 6 heteroatoms. The van der Waals surface area contributed by atoms with Gasteiger partial charge in [-0.1, -0.05) is 43.6 Å². The van der Waals surface area contributed by atoms with Crippen molar-refractivity contribution in [3.63, 3.8) is 0 Å². The van der Waals surface area contributed by atoms with E-state index in [4.69, 9.17) is 9.26 Å². The van der Waals surface area contributed by atoms with Crippen LogP contribution in [-0.4, -0.2) is 40.6 Å². The van der Waals surface area contributed by atoms with Crippen molar-refractivity contribution in [2.45, 2.75) is 44.4 Å². The highest BCUT2D eigenvalue weighted by Crippen LogP contribution is 2.49. The summed E-state index contributed by atoms with van der Waals surface area (Å²) in [4.78, 5) is 19.3. The predicted octanol–water partition coefficient (Wildman–Crippen LogP) is 3.15. The standard InChI is InChI=1S/C20H25N3O3/c1-14(2)18-21-19(22-26-18)20-10-6-7-15(20)11-23(13-20)17(24)12-25-16-8-4-3-5-9-16/h3-5,8-9,14-15H,6-7,10-13H2,1-2H3. The first-order valence-corrected chi connectivity index (χ1v) is 9.38. The lowest BCUT2D eigenvalue weighted by Crippen LogP contribution is -2.37. The van der Waals surface area contributed by atoms with E-state index in [9.17, 15) is 4.79 Å². The van der Waals surface area contributed by atoms with Crippen LogP contribution in [0.1, 0.15) is 50.7 Å². The Morgan fingerprint density at radius 2 is 2.19 bits per heavy atom. The van der Waals surface area contributed by atoms with Gasteiger partial charge in [0, 0.05) is 19.0 Å². The molecule has 2 atom stereocenters. The number of aromatic nitrogens is 2. The Balaban J connectivity index is 1.46. The molecular formula is C20H25N3O3. The van der Waals surface area contributed by atoms with Gasteiger partial charge in [-0.3, -0.25) is 4.79 Å². The quantitative estimate of drug-likeness (QED) is 0.824. The molecule has 0 N–H and O–H groups in total. The van der Waals surface area contributed by atoms with Gasteiger partial charge < -0.3 is 14.2 Å². The van der Waals surface area contributed by atoms with Crippen LogP contribution in [0.2, 0.25) is 0 Å². The van der Waals surface area contributed by atoms with Crippen molar-refractivity contribution < 1.29 is 14.1 Å². The van der Waals surface area contributed by atoms with Crippen molar-refractivity contribution in [3.8, 4) is 5.75 Å². The summed E-state index contributed by atoms with van der Waals surface area (Å²) < 4.78 is 11.1. The second-order valence-electron chi connectivity index (χ2n) is 7.73. The number of rotatable bonds is 5. The van der Waals surface area contributed by atoms with Crippen LogP contribution in [0.25, 0.3) is 0 Å². The molecule has 1 saturated heterocycles. The number of carbonyl (C=O) groups is 1. The van der Waals surface area contributed by atoms with Crippen LogP contribution in [0.15, 0.2) is 34.9 Å². The number of carbonyl (C=O) groups excluding carboxylic acids is 1. The molecule has 0 radical (unpaired) electrons. The van der Waals surface area contributed by atoms with Gasteiger partial charge >= 0.3 is 0 Å². The highest BCUT2D eigenvalue weighted by Gasteiger charge is 2.54. The number of likely N-dealkylation sites (tertiary alicyclic amines) is 1. The van der Waals surface area contributed by atoms with E-state index in [1.807, 2.05) is 49.1 Å². The number of hydrogen-bond donors (Lipinski definition) is 0. The Hall–Kier alpha value is -2.37. The minimum absolute atomic E-state index is 0.0233. The molecule has 138 valence electrons. The van der Waals surface area contributed by atoms with Crippen molar-refractivity contribution in [1.82, 2.24) is 15.0 Å². The van der Waals surface area contributed by atoms with Crippen LogP contribution in [-0.2, 0) is 10.2 Å². The van der Waals surface area contributed by atoms with Crippen molar-refractivity contribution in [2.24, 2.45) is 5.92 Å². The zero-order valence-corrected chi connectivity index (χ0v) is 15.4. The number of para-hydroxylation sites is 1. The third-order valence-electron chi connectivity index (χ3n) is 5.71. The van der Waals surface area contributed by atoms with Crippen LogP contribution in [0, 0.1) is 5.92 Å². The van der Waals surface area contributed by atoms with E-state index in [0.717, 1.165) is 37.4 Å². The number of nitrogens with zero attached hydrogens (tertiary/aromatic N) is 3. The first-order chi connectivity index (χ1) is 12.6. The Kier molecular flexibility index (Phi) is 4.42. The monoisotopic (exact) mass is 355 g/mol. The fraction of sp³-hybridized carbons (Fsp3) is 0.550. The molecule has 1 aromatic carbocycles. The van der Waals surface area contributed by atoms with E-state index in [1.165, 1.54) is 0 Å². The summed E-state index contributed by atoms with van der Waals surface area (Å²) >= 11 is 0. The van der Waals surface area contributed by atoms with E-state index in [0.29, 0.717) is 18.4 Å². The van der Waals surface area contributed by atoms with Crippen molar-refractivity contribution in [3.05, 3.63) is 42.0 Å². The zero-order chi connectivity index (χ0) is 18.1. The number of amides is 1. The van der Waals surface area contributed by atoms with Crippen molar-refractivity contribution in [1.29, 1.82) is 0 Å². The Morgan fingerprint density at radius 1 is 1.38 bits per heavy atom. The summed E-state index contributed by atoms with van der Waals surface area (Å²) in [5.41, 5.74) is -0.154. The van der Waals surface area contributed by atoms with E-state index in [2.05, 4.69) is 10.1 Å². The van der Waals surface area contributed by atoms with Crippen molar-refractivity contribution >= 4 is 5.91 Å². The van der Waals surface area contributed by atoms with Crippen molar-refractivity contribution in [2.75, 3.05) is 19.7 Å². The molecule has 4 rings (SSSR count). The van der Waals surface area contributed by atoms with Gasteiger partial charge in [0.15, 0.2) is 12.4 Å². The Bertz CT molecular complexity index is 774. The van der Waals surface area contributed by atoms with Gasteiger partial charge in [-0.25, -0.2) is 0 Å². The molecular weight excluding hydrogens is 330 g/mol. The molecule has 1 saturated carbocycles. The molecule has 2 aromatic rings. The maximum atomic E-state index is 12.7. The molecule has 2 unspecified atom stereocenters. The minimum Gasteiger partial charge on any atom is -0.484 e. The smallest absolute Gasteiger partial charge is 0.260 e. The summed E-state index contributed by atoms with van der Waals surface area (Å²) in [5, 5.41) is 4.28. The molecule has 1 aliphatic carbocycles. The summed E-state index contributed by atoms with van der Waals surface area (Å²) in [5.74, 6) is 2.82. The predicted molar refractivity (Wildman–Crippen MR) is 95.9 cm³/mol. The molecule has 2 aliphatic rings. The van der Waals surface area contributed by atoms with Crippen LogP contribution >= 0.6 is 0 Å². The molecule has 1 amide bonds. The van der Waals surface area contributed by atoms with E-state index in [-0.39, 0.29) is 23.8 Å². The maximum Gasteiger partial charge on any atom is 0.260 e. The molecule has 0 spiro atoms. The normalized spacial score (nSPS) is 24.9. The highest BCUT2D eigenvalue weighted by atomic mass is 16.5. The van der Waals surface area contributed by atoms with E-state index in [1.54, 1.807) is 0 Å². The fourth-order valence-electron chi connectivity index (χ4n) is 4.27. The summed E-state index contributed by atoms with van der Waals surface area (Å²) in [6.45, 7) is 5.57. The van der Waals surface area contributed by atoms with E-state index < -0.39 is 0 Å².